The quantitative estimate of drug-likeness (QED) is 0.711. The van der Waals surface area contributed by atoms with Gasteiger partial charge in [0.2, 0.25) is 5.91 Å². The Morgan fingerprint density at radius 2 is 1.92 bits per heavy atom. The second kappa shape index (κ2) is 6.35. The van der Waals surface area contributed by atoms with Gasteiger partial charge in [-0.3, -0.25) is 4.79 Å². The molecule has 0 bridgehead atoms. The highest BCUT2D eigenvalue weighted by molar-refractivity contribution is 8.01. The van der Waals surface area contributed by atoms with E-state index in [-0.39, 0.29) is 16.4 Å². The summed E-state index contributed by atoms with van der Waals surface area (Å²) in [7, 11) is 0. The van der Waals surface area contributed by atoms with Crippen LogP contribution in [0.25, 0.3) is 5.69 Å². The van der Waals surface area contributed by atoms with E-state index in [9.17, 15) is 4.79 Å². The van der Waals surface area contributed by atoms with Crippen molar-refractivity contribution in [3.8, 4) is 5.69 Å². The lowest BCUT2D eigenvalue weighted by atomic mass is 10.1. The molecule has 0 saturated carbocycles. The molecule has 6 heteroatoms. The lowest BCUT2D eigenvalue weighted by Crippen LogP contribution is -2.22. The van der Waals surface area contributed by atoms with E-state index in [1.54, 1.807) is 23.1 Å². The van der Waals surface area contributed by atoms with E-state index in [1.807, 2.05) is 30.7 Å². The average Bonchev–Trinajstić information content (AvgIpc) is 3.19. The van der Waals surface area contributed by atoms with Gasteiger partial charge in [0, 0.05) is 10.4 Å². The van der Waals surface area contributed by atoms with E-state index in [1.165, 1.54) is 10.4 Å². The van der Waals surface area contributed by atoms with Crippen molar-refractivity contribution in [1.29, 1.82) is 0 Å². The van der Waals surface area contributed by atoms with E-state index in [0.29, 0.717) is 0 Å². The third-order valence-corrected chi connectivity index (χ3v) is 6.87. The number of amides is 1. The number of fused-ring (bicyclic) bond motifs is 1. The normalized spacial score (nSPS) is 20.0. The lowest BCUT2D eigenvalue weighted by molar-refractivity contribution is -0.115. The predicted octanol–water partition coefficient (Wildman–Crippen LogP) is 4.71. The summed E-state index contributed by atoms with van der Waals surface area (Å²) in [5, 5.41) is 9.94. The van der Waals surface area contributed by atoms with Crippen molar-refractivity contribution in [3.63, 3.8) is 0 Å². The molecule has 0 aliphatic carbocycles. The second-order valence-electron chi connectivity index (χ2n) is 6.26. The first kappa shape index (κ1) is 16.4. The number of hydrogen-bond donors (Lipinski definition) is 1. The summed E-state index contributed by atoms with van der Waals surface area (Å²) < 4.78 is 1.86. The average molecular weight is 370 g/mol. The molecule has 0 fully saturated rings. The smallest absolute Gasteiger partial charge is 0.238 e. The van der Waals surface area contributed by atoms with Crippen molar-refractivity contribution in [3.05, 3.63) is 63.5 Å². The van der Waals surface area contributed by atoms with Gasteiger partial charge in [-0.1, -0.05) is 23.8 Å². The third kappa shape index (κ3) is 2.89. The summed E-state index contributed by atoms with van der Waals surface area (Å²) in [5.41, 5.74) is 4.21. The number of carbonyl (C=O) groups is 1. The first-order chi connectivity index (χ1) is 12.0. The molecule has 0 spiro atoms. The van der Waals surface area contributed by atoms with Crippen molar-refractivity contribution >= 4 is 34.8 Å². The van der Waals surface area contributed by atoms with E-state index in [2.05, 4.69) is 41.9 Å². The van der Waals surface area contributed by atoms with Crippen molar-refractivity contribution < 1.29 is 4.79 Å². The Hall–Kier alpha value is -2.05. The molecule has 1 aromatic carbocycles. The van der Waals surface area contributed by atoms with Gasteiger partial charge in [-0.25, -0.2) is 4.68 Å². The summed E-state index contributed by atoms with van der Waals surface area (Å²) >= 11 is 3.41. The molecule has 0 radical (unpaired) electrons. The fourth-order valence-electron chi connectivity index (χ4n) is 3.05. The maximum atomic E-state index is 12.6. The zero-order valence-electron chi connectivity index (χ0n) is 14.3. The summed E-state index contributed by atoms with van der Waals surface area (Å²) in [6.07, 6.45) is 0. The van der Waals surface area contributed by atoms with Gasteiger partial charge in [0.05, 0.1) is 21.9 Å². The minimum atomic E-state index is -0.120. The van der Waals surface area contributed by atoms with Crippen LogP contribution in [0.3, 0.4) is 0 Å². The number of benzene rings is 1. The SMILES string of the molecule is Cc1ccc(-n2nc(C)c3c2NC(=O)[C@@H](C)S[C@H]3c2cccs2)cc1. The topological polar surface area (TPSA) is 46.9 Å². The Balaban J connectivity index is 1.90. The fraction of sp³-hybridized carbons (Fsp3) is 0.263. The molecule has 1 N–H and O–H groups in total. The minimum Gasteiger partial charge on any atom is -0.309 e. The third-order valence-electron chi connectivity index (χ3n) is 4.40. The molecule has 1 aliphatic rings. The number of hydrogen-bond acceptors (Lipinski definition) is 4. The first-order valence-electron chi connectivity index (χ1n) is 8.21. The Labute approximate surface area is 155 Å². The van der Waals surface area contributed by atoms with Crippen LogP contribution < -0.4 is 5.32 Å². The van der Waals surface area contributed by atoms with Gasteiger partial charge >= 0.3 is 0 Å². The van der Waals surface area contributed by atoms with Crippen molar-refractivity contribution in [1.82, 2.24) is 9.78 Å². The molecular weight excluding hydrogens is 350 g/mol. The van der Waals surface area contributed by atoms with Crippen LogP contribution >= 0.6 is 23.1 Å². The Bertz CT molecular complexity index is 913. The Kier molecular flexibility index (Phi) is 4.17. The fourth-order valence-corrected chi connectivity index (χ4v) is 5.32. The van der Waals surface area contributed by atoms with Gasteiger partial charge < -0.3 is 5.32 Å². The molecule has 1 aliphatic heterocycles. The van der Waals surface area contributed by atoms with Gasteiger partial charge in [-0.2, -0.15) is 5.10 Å². The van der Waals surface area contributed by atoms with E-state index in [4.69, 9.17) is 5.10 Å². The molecule has 3 heterocycles. The minimum absolute atomic E-state index is 0.0265. The largest absolute Gasteiger partial charge is 0.309 e. The number of rotatable bonds is 2. The van der Waals surface area contributed by atoms with E-state index in [0.717, 1.165) is 22.8 Å². The Morgan fingerprint density at radius 3 is 2.60 bits per heavy atom. The van der Waals surface area contributed by atoms with Crippen LogP contribution in [0.2, 0.25) is 0 Å². The molecule has 4 rings (SSSR count). The maximum Gasteiger partial charge on any atom is 0.238 e. The molecule has 1 amide bonds. The van der Waals surface area contributed by atoms with Gasteiger partial charge in [0.25, 0.3) is 0 Å². The molecule has 0 saturated heterocycles. The number of nitrogens with zero attached hydrogens (tertiary/aromatic N) is 2. The van der Waals surface area contributed by atoms with Gasteiger partial charge in [-0.15, -0.1) is 23.1 Å². The summed E-state index contributed by atoms with van der Waals surface area (Å²) in [6, 6.07) is 12.4. The van der Waals surface area contributed by atoms with E-state index >= 15 is 0 Å². The number of thiophene rings is 1. The molecule has 25 heavy (non-hydrogen) atoms. The number of nitrogens with one attached hydrogen (secondary N) is 1. The van der Waals surface area contributed by atoms with Crippen LogP contribution in [-0.2, 0) is 4.79 Å². The highest BCUT2D eigenvalue weighted by Crippen LogP contribution is 2.47. The molecule has 3 aromatic rings. The zero-order chi connectivity index (χ0) is 17.6. The van der Waals surface area contributed by atoms with Crippen LogP contribution in [-0.4, -0.2) is 20.9 Å². The van der Waals surface area contributed by atoms with Crippen molar-refractivity contribution in [2.45, 2.75) is 31.3 Å². The van der Waals surface area contributed by atoms with Crippen LogP contribution in [0.5, 0.6) is 0 Å². The molecule has 0 unspecified atom stereocenters. The summed E-state index contributed by atoms with van der Waals surface area (Å²) in [4.78, 5) is 13.8. The standard InChI is InChI=1S/C19H19N3OS2/c1-11-6-8-14(9-7-11)22-18-16(12(2)21-22)17(15-5-4-10-24-15)25-13(3)19(23)20-18/h4-10,13,17H,1-3H3,(H,20,23)/t13-,17+/m1/s1. The first-order valence-corrected chi connectivity index (χ1v) is 10.0. The number of thioether (sulfide) groups is 1. The number of anilines is 1. The molecular formula is C19H19N3OS2. The number of carbonyl (C=O) groups excluding carboxylic acids is 1. The molecule has 4 nitrogen and oxygen atoms in total. The van der Waals surface area contributed by atoms with Crippen molar-refractivity contribution in [2.24, 2.45) is 0 Å². The lowest BCUT2D eigenvalue weighted by Gasteiger charge is -2.15. The maximum absolute atomic E-state index is 12.6. The molecule has 2 atom stereocenters. The predicted molar refractivity (Wildman–Crippen MR) is 105 cm³/mol. The second-order valence-corrected chi connectivity index (χ2v) is 8.69. The zero-order valence-corrected chi connectivity index (χ0v) is 15.9. The monoisotopic (exact) mass is 369 g/mol. The molecule has 2 aromatic heterocycles. The summed E-state index contributed by atoms with van der Waals surface area (Å²) in [5.74, 6) is 0.820. The highest BCUT2D eigenvalue weighted by Gasteiger charge is 2.34. The highest BCUT2D eigenvalue weighted by atomic mass is 32.2. The number of aromatic nitrogens is 2. The van der Waals surface area contributed by atoms with Crippen LogP contribution in [0.15, 0.2) is 41.8 Å². The molecule has 128 valence electrons. The Morgan fingerprint density at radius 1 is 1.16 bits per heavy atom. The van der Waals surface area contributed by atoms with Gasteiger partial charge in [-0.05, 0) is 44.4 Å². The van der Waals surface area contributed by atoms with Crippen LogP contribution in [0, 0.1) is 13.8 Å². The number of aryl methyl sites for hydroxylation is 2. The van der Waals surface area contributed by atoms with Crippen LogP contribution in [0.1, 0.15) is 33.9 Å². The van der Waals surface area contributed by atoms with Gasteiger partial charge in [0.1, 0.15) is 5.82 Å². The van der Waals surface area contributed by atoms with Crippen LogP contribution in [0.4, 0.5) is 5.82 Å². The van der Waals surface area contributed by atoms with E-state index < -0.39 is 0 Å². The summed E-state index contributed by atoms with van der Waals surface area (Å²) in [6.45, 7) is 6.05. The van der Waals surface area contributed by atoms with Gasteiger partial charge in [0.15, 0.2) is 0 Å². The van der Waals surface area contributed by atoms with Crippen molar-refractivity contribution in [2.75, 3.05) is 5.32 Å².